The maximum Gasteiger partial charge on any atom is 0.169 e. The Morgan fingerprint density at radius 1 is 0.808 bits per heavy atom. The predicted octanol–water partition coefficient (Wildman–Crippen LogP) is 3.58. The number of hydrogen-bond donors (Lipinski definition) is 0. The summed E-state index contributed by atoms with van der Waals surface area (Å²) in [5.41, 5.74) is 3.38. The lowest BCUT2D eigenvalue weighted by Crippen LogP contribution is -2.25. The lowest BCUT2D eigenvalue weighted by Gasteiger charge is -2.05. The summed E-state index contributed by atoms with van der Waals surface area (Å²) in [6.45, 7) is 1.82. The minimum Gasteiger partial charge on any atom is -0.744 e. The van der Waals surface area contributed by atoms with E-state index in [1.165, 1.54) is 23.3 Å². The van der Waals surface area contributed by atoms with Crippen LogP contribution in [0.3, 0.4) is 0 Å². The second-order valence-electron chi connectivity index (χ2n) is 5.81. The molecule has 0 saturated heterocycles. The number of nitrogens with zero attached hydrogens (tertiary/aromatic N) is 1. The van der Waals surface area contributed by atoms with Gasteiger partial charge in [0.1, 0.15) is 17.2 Å². The fraction of sp³-hybridized carbons (Fsp3) is 0.0952. The molecule has 1 heterocycles. The molecule has 1 aromatic heterocycles. The Morgan fingerprint density at radius 2 is 1.31 bits per heavy atom. The van der Waals surface area contributed by atoms with Crippen molar-refractivity contribution >= 4 is 22.3 Å². The fourth-order valence-electron chi connectivity index (χ4n) is 2.09. The zero-order chi connectivity index (χ0) is 19.0. The van der Waals surface area contributed by atoms with Gasteiger partial charge in [-0.3, -0.25) is 0 Å². The third-order valence-electron chi connectivity index (χ3n) is 3.58. The Labute approximate surface area is 154 Å². The second-order valence-corrected chi connectivity index (χ2v) is 7.19. The standard InChI is InChI=1S/C14H14N.C7H8O3S/c1-15-11-9-14(10-12-15)8-7-13-5-3-2-4-6-13;1-6-2-4-7(5-3-6)11(8,9)10/h2-12H,1H3;2-5H,1H3,(H,8,9,10)/q+1;/p-1. The first-order chi connectivity index (χ1) is 12.3. The van der Waals surface area contributed by atoms with Crippen molar-refractivity contribution in [2.24, 2.45) is 7.05 Å². The molecule has 0 amide bonds. The van der Waals surface area contributed by atoms with Crippen LogP contribution in [0.4, 0.5) is 0 Å². The molecule has 0 bridgehead atoms. The Hall–Kier alpha value is -2.76. The van der Waals surface area contributed by atoms with Crippen LogP contribution in [0, 0.1) is 6.92 Å². The van der Waals surface area contributed by atoms with Crippen LogP contribution in [0.25, 0.3) is 12.2 Å². The predicted molar refractivity (Wildman–Crippen MR) is 102 cm³/mol. The molecular formula is C21H21NO3S. The SMILES string of the molecule is C[n+]1ccc(C=Cc2ccccc2)cc1.Cc1ccc(S(=O)(=O)[O-])cc1. The van der Waals surface area contributed by atoms with Gasteiger partial charge in [-0.2, -0.15) is 0 Å². The number of hydrogen-bond acceptors (Lipinski definition) is 3. The summed E-state index contributed by atoms with van der Waals surface area (Å²) in [6.07, 6.45) is 8.33. The molecule has 0 atom stereocenters. The zero-order valence-electron chi connectivity index (χ0n) is 14.7. The van der Waals surface area contributed by atoms with Gasteiger partial charge in [-0.25, -0.2) is 13.0 Å². The Balaban J connectivity index is 0.000000197. The molecule has 0 N–H and O–H groups in total. The lowest BCUT2D eigenvalue weighted by atomic mass is 10.1. The molecule has 0 aliphatic heterocycles. The molecule has 0 fully saturated rings. The van der Waals surface area contributed by atoms with E-state index in [9.17, 15) is 13.0 Å². The molecule has 5 heteroatoms. The van der Waals surface area contributed by atoms with Crippen LogP contribution in [0.1, 0.15) is 16.7 Å². The molecule has 26 heavy (non-hydrogen) atoms. The average molecular weight is 367 g/mol. The molecule has 0 saturated carbocycles. The van der Waals surface area contributed by atoms with Crippen molar-refractivity contribution in [1.82, 2.24) is 0 Å². The first-order valence-electron chi connectivity index (χ1n) is 8.05. The van der Waals surface area contributed by atoms with E-state index in [0.717, 1.165) is 5.56 Å². The molecule has 0 spiro atoms. The van der Waals surface area contributed by atoms with Crippen molar-refractivity contribution < 1.29 is 17.5 Å². The highest BCUT2D eigenvalue weighted by Gasteiger charge is 1.97. The number of pyridine rings is 1. The van der Waals surface area contributed by atoms with E-state index in [0.29, 0.717) is 0 Å². The average Bonchev–Trinajstić information content (AvgIpc) is 2.62. The maximum absolute atomic E-state index is 10.4. The van der Waals surface area contributed by atoms with Gasteiger partial charge in [0.2, 0.25) is 0 Å². The van der Waals surface area contributed by atoms with E-state index in [1.54, 1.807) is 12.1 Å². The third kappa shape index (κ3) is 6.63. The Bertz CT molecular complexity index is 946. The highest BCUT2D eigenvalue weighted by Crippen LogP contribution is 2.08. The summed E-state index contributed by atoms with van der Waals surface area (Å²) in [4.78, 5) is -0.178. The van der Waals surface area contributed by atoms with Gasteiger partial charge in [0, 0.05) is 12.1 Å². The van der Waals surface area contributed by atoms with Gasteiger partial charge >= 0.3 is 0 Å². The van der Waals surface area contributed by atoms with E-state index in [1.807, 2.05) is 49.1 Å². The van der Waals surface area contributed by atoms with Gasteiger partial charge in [-0.05, 0) is 30.2 Å². The van der Waals surface area contributed by atoms with Crippen LogP contribution < -0.4 is 4.57 Å². The zero-order valence-corrected chi connectivity index (χ0v) is 15.6. The van der Waals surface area contributed by atoms with Crippen LogP contribution in [-0.2, 0) is 17.2 Å². The minimum atomic E-state index is -4.27. The Kier molecular flexibility index (Phi) is 6.83. The van der Waals surface area contributed by atoms with E-state index in [4.69, 9.17) is 0 Å². The van der Waals surface area contributed by atoms with Gasteiger partial charge in [0.25, 0.3) is 0 Å². The summed E-state index contributed by atoms with van der Waals surface area (Å²) in [5, 5.41) is 0. The molecule has 2 aromatic carbocycles. The first-order valence-corrected chi connectivity index (χ1v) is 9.46. The molecular weight excluding hydrogens is 346 g/mol. The fourth-order valence-corrected chi connectivity index (χ4v) is 2.55. The molecule has 4 nitrogen and oxygen atoms in total. The van der Waals surface area contributed by atoms with Crippen molar-refractivity contribution in [3.63, 3.8) is 0 Å². The van der Waals surface area contributed by atoms with Gasteiger partial charge in [-0.1, -0.05) is 60.2 Å². The van der Waals surface area contributed by atoms with Crippen LogP contribution in [0.2, 0.25) is 0 Å². The van der Waals surface area contributed by atoms with Gasteiger partial charge in [-0.15, -0.1) is 0 Å². The smallest absolute Gasteiger partial charge is 0.169 e. The summed E-state index contributed by atoms with van der Waals surface area (Å²) in [7, 11) is -2.25. The number of aromatic nitrogens is 1. The minimum absolute atomic E-state index is 0.178. The van der Waals surface area contributed by atoms with E-state index in [-0.39, 0.29) is 4.90 Å². The normalized spacial score (nSPS) is 11.0. The topological polar surface area (TPSA) is 61.1 Å². The molecule has 0 radical (unpaired) electrons. The molecule has 0 unspecified atom stereocenters. The van der Waals surface area contributed by atoms with Gasteiger partial charge in [0.05, 0.1) is 4.90 Å². The first kappa shape index (κ1) is 19.6. The summed E-state index contributed by atoms with van der Waals surface area (Å²) < 4.78 is 33.2. The lowest BCUT2D eigenvalue weighted by molar-refractivity contribution is -0.671. The Morgan fingerprint density at radius 3 is 1.81 bits per heavy atom. The molecule has 0 aliphatic rings. The maximum atomic E-state index is 10.4. The van der Waals surface area contributed by atoms with Crippen LogP contribution >= 0.6 is 0 Å². The number of aryl methyl sites for hydroxylation is 2. The van der Waals surface area contributed by atoms with Crippen molar-refractivity contribution in [3.8, 4) is 0 Å². The van der Waals surface area contributed by atoms with Crippen molar-refractivity contribution in [3.05, 3.63) is 95.8 Å². The summed E-state index contributed by atoms with van der Waals surface area (Å²) in [6, 6.07) is 20.3. The molecule has 3 rings (SSSR count). The van der Waals surface area contributed by atoms with Crippen LogP contribution in [0.15, 0.2) is 84.0 Å². The van der Waals surface area contributed by atoms with Crippen molar-refractivity contribution in [1.29, 1.82) is 0 Å². The summed E-state index contributed by atoms with van der Waals surface area (Å²) >= 11 is 0. The molecule has 0 aliphatic carbocycles. The third-order valence-corrected chi connectivity index (χ3v) is 4.43. The highest BCUT2D eigenvalue weighted by atomic mass is 32.2. The van der Waals surface area contributed by atoms with Crippen molar-refractivity contribution in [2.45, 2.75) is 11.8 Å². The number of rotatable bonds is 3. The molecule has 3 aromatic rings. The van der Waals surface area contributed by atoms with Crippen molar-refractivity contribution in [2.75, 3.05) is 0 Å². The largest absolute Gasteiger partial charge is 0.744 e. The molecule has 134 valence electrons. The van der Waals surface area contributed by atoms with Crippen LogP contribution in [-0.4, -0.2) is 13.0 Å². The summed E-state index contributed by atoms with van der Waals surface area (Å²) in [5.74, 6) is 0. The monoisotopic (exact) mass is 367 g/mol. The second kappa shape index (κ2) is 9.08. The quantitative estimate of drug-likeness (QED) is 0.525. The van der Waals surface area contributed by atoms with E-state index in [2.05, 4.69) is 36.4 Å². The highest BCUT2D eigenvalue weighted by molar-refractivity contribution is 7.85. The van der Waals surface area contributed by atoms with Gasteiger partial charge < -0.3 is 4.55 Å². The van der Waals surface area contributed by atoms with E-state index >= 15 is 0 Å². The van der Waals surface area contributed by atoms with Gasteiger partial charge in [0.15, 0.2) is 12.4 Å². The van der Waals surface area contributed by atoms with Crippen LogP contribution in [0.5, 0.6) is 0 Å². The number of benzene rings is 2. The van der Waals surface area contributed by atoms with E-state index < -0.39 is 10.1 Å².